The first kappa shape index (κ1) is 23.6. The summed E-state index contributed by atoms with van der Waals surface area (Å²) in [4.78, 5) is 38.8. The van der Waals surface area contributed by atoms with Crippen LogP contribution in [0.1, 0.15) is 35.1 Å². The molecule has 0 saturated heterocycles. The van der Waals surface area contributed by atoms with Gasteiger partial charge in [0.05, 0.1) is 42.9 Å². The van der Waals surface area contributed by atoms with E-state index in [2.05, 4.69) is 20.3 Å². The summed E-state index contributed by atoms with van der Waals surface area (Å²) in [5.41, 5.74) is 1.43. The predicted octanol–water partition coefficient (Wildman–Crippen LogP) is 1.88. The lowest BCUT2D eigenvalue weighted by Crippen LogP contribution is -2.41. The van der Waals surface area contributed by atoms with Crippen LogP contribution in [0.4, 0.5) is 5.69 Å². The number of hydrogen-bond acceptors (Lipinski definition) is 7. The molecular formula is C24H24ClN5O4. The van der Waals surface area contributed by atoms with E-state index < -0.39 is 17.3 Å². The summed E-state index contributed by atoms with van der Waals surface area (Å²) in [7, 11) is 3.09. The lowest BCUT2D eigenvalue weighted by molar-refractivity contribution is -0.112. The van der Waals surface area contributed by atoms with E-state index in [1.807, 2.05) is 30.6 Å². The van der Waals surface area contributed by atoms with Gasteiger partial charge >= 0.3 is 0 Å². The number of Topliss-reactive ketones (excluding diaryl/α,β-unsaturated/α-hetero) is 1. The van der Waals surface area contributed by atoms with Crippen molar-refractivity contribution in [1.82, 2.24) is 19.5 Å². The number of ketones is 1. The van der Waals surface area contributed by atoms with Crippen molar-refractivity contribution in [3.8, 4) is 5.88 Å². The van der Waals surface area contributed by atoms with Crippen LogP contribution in [0.2, 0.25) is 5.15 Å². The Hall–Kier alpha value is -3.56. The molecule has 4 rings (SSSR count). The number of methoxy groups -OCH3 is 2. The number of rotatable bonds is 7. The first-order valence-electron chi connectivity index (χ1n) is 10.5. The van der Waals surface area contributed by atoms with Gasteiger partial charge in [-0.15, -0.1) is 0 Å². The predicted molar refractivity (Wildman–Crippen MR) is 127 cm³/mol. The molecule has 9 nitrogen and oxygen atoms in total. The lowest BCUT2D eigenvalue weighted by atomic mass is 9.94. The topological polar surface area (TPSA) is 108 Å². The van der Waals surface area contributed by atoms with Crippen molar-refractivity contribution in [2.24, 2.45) is 0 Å². The van der Waals surface area contributed by atoms with Crippen molar-refractivity contribution in [3.05, 3.63) is 63.4 Å². The van der Waals surface area contributed by atoms with Crippen LogP contribution in [0, 0.1) is 6.92 Å². The van der Waals surface area contributed by atoms with E-state index in [0.717, 1.165) is 5.35 Å². The van der Waals surface area contributed by atoms with Gasteiger partial charge in [-0.2, -0.15) is 0 Å². The monoisotopic (exact) mass is 481 g/mol. The number of aromatic nitrogens is 4. The number of ether oxygens (including phenoxy) is 2. The van der Waals surface area contributed by atoms with E-state index in [4.69, 9.17) is 21.1 Å². The van der Waals surface area contributed by atoms with Crippen LogP contribution in [0.25, 0.3) is 12.2 Å². The van der Waals surface area contributed by atoms with Gasteiger partial charge in [0.25, 0.3) is 11.7 Å². The molecule has 3 heterocycles. The van der Waals surface area contributed by atoms with E-state index in [0.29, 0.717) is 51.9 Å². The second kappa shape index (κ2) is 9.36. The number of nitrogens with one attached hydrogen (secondary N) is 1. The van der Waals surface area contributed by atoms with Gasteiger partial charge in [-0.05, 0) is 26.0 Å². The Morgan fingerprint density at radius 1 is 1.24 bits per heavy atom. The zero-order valence-corrected chi connectivity index (χ0v) is 20.0. The van der Waals surface area contributed by atoms with E-state index in [-0.39, 0.29) is 0 Å². The molecule has 3 aromatic rings. The summed E-state index contributed by atoms with van der Waals surface area (Å²) in [6.07, 6.45) is 9.08. The largest absolute Gasteiger partial charge is 0.481 e. The molecule has 1 atom stereocenters. The van der Waals surface area contributed by atoms with E-state index in [1.54, 1.807) is 25.4 Å². The molecule has 10 heteroatoms. The second-order valence-electron chi connectivity index (χ2n) is 8.12. The maximum absolute atomic E-state index is 13.4. The molecule has 1 amide bonds. The van der Waals surface area contributed by atoms with Crippen LogP contribution in [0.15, 0.2) is 30.7 Å². The normalized spacial score (nSPS) is 16.7. The zero-order valence-electron chi connectivity index (χ0n) is 19.3. The van der Waals surface area contributed by atoms with Crippen LogP contribution in [0.5, 0.6) is 5.88 Å². The van der Waals surface area contributed by atoms with Crippen molar-refractivity contribution < 1.29 is 19.1 Å². The highest BCUT2D eigenvalue weighted by Crippen LogP contribution is 2.21. The van der Waals surface area contributed by atoms with Crippen LogP contribution in [-0.2, 0) is 16.1 Å². The number of carbonyl (C=O) groups excluding carboxylic acids is 2. The average molecular weight is 482 g/mol. The summed E-state index contributed by atoms with van der Waals surface area (Å²) in [6, 6.07) is 3.13. The third kappa shape index (κ3) is 4.57. The van der Waals surface area contributed by atoms with Crippen LogP contribution in [-0.4, -0.2) is 51.0 Å². The fraction of sp³-hybridized carbons (Fsp3) is 0.292. The highest BCUT2D eigenvalue weighted by molar-refractivity contribution is 6.46. The number of hydrogen-bond donors (Lipinski definition) is 1. The molecule has 1 unspecified atom stereocenters. The molecular weight excluding hydrogens is 458 g/mol. The number of amides is 1. The number of nitrogens with zero attached hydrogens (tertiary/aromatic N) is 4. The van der Waals surface area contributed by atoms with Crippen LogP contribution >= 0.6 is 11.6 Å². The highest BCUT2D eigenvalue weighted by Gasteiger charge is 2.29. The smallest absolute Gasteiger partial charge is 0.296 e. The van der Waals surface area contributed by atoms with Gasteiger partial charge in [0.15, 0.2) is 0 Å². The first-order chi connectivity index (χ1) is 16.2. The molecule has 0 radical (unpaired) electrons. The lowest BCUT2D eigenvalue weighted by Gasteiger charge is -2.24. The van der Waals surface area contributed by atoms with E-state index in [1.165, 1.54) is 19.5 Å². The molecule has 0 aliphatic heterocycles. The van der Waals surface area contributed by atoms with Crippen LogP contribution in [0.3, 0.4) is 0 Å². The minimum Gasteiger partial charge on any atom is -0.481 e. The fourth-order valence-electron chi connectivity index (χ4n) is 3.93. The van der Waals surface area contributed by atoms with Crippen molar-refractivity contribution in [3.63, 3.8) is 0 Å². The quantitative estimate of drug-likeness (QED) is 0.405. The van der Waals surface area contributed by atoms with Gasteiger partial charge in [0.1, 0.15) is 5.15 Å². The van der Waals surface area contributed by atoms with Crippen molar-refractivity contribution >= 4 is 41.1 Å². The van der Waals surface area contributed by atoms with Crippen LogP contribution < -0.4 is 20.6 Å². The molecule has 3 aromatic heterocycles. The minimum atomic E-state index is -0.763. The Morgan fingerprint density at radius 3 is 2.71 bits per heavy atom. The van der Waals surface area contributed by atoms with Crippen molar-refractivity contribution in [1.29, 1.82) is 0 Å². The second-order valence-corrected chi connectivity index (χ2v) is 8.50. The molecule has 1 aliphatic rings. The Bertz CT molecular complexity index is 1380. The first-order valence-corrected chi connectivity index (χ1v) is 10.9. The Balaban J connectivity index is 1.78. The molecule has 34 heavy (non-hydrogen) atoms. The third-order valence-corrected chi connectivity index (χ3v) is 6.04. The van der Waals surface area contributed by atoms with E-state index >= 15 is 0 Å². The van der Waals surface area contributed by atoms with Crippen molar-refractivity contribution in [2.75, 3.05) is 19.5 Å². The van der Waals surface area contributed by atoms with Crippen molar-refractivity contribution in [2.45, 2.75) is 32.4 Å². The number of pyridine rings is 1. The molecule has 0 spiro atoms. The highest BCUT2D eigenvalue weighted by atomic mass is 35.5. The summed E-state index contributed by atoms with van der Waals surface area (Å²) >= 11 is 5.87. The number of fused-ring (bicyclic) bond motifs is 1. The van der Waals surface area contributed by atoms with Gasteiger partial charge in [-0.1, -0.05) is 17.7 Å². The molecule has 0 bridgehead atoms. The maximum atomic E-state index is 13.4. The molecule has 0 fully saturated rings. The Labute approximate surface area is 201 Å². The van der Waals surface area contributed by atoms with Gasteiger partial charge < -0.3 is 19.4 Å². The molecule has 176 valence electrons. The molecule has 1 aliphatic carbocycles. The Kier molecular flexibility index (Phi) is 6.49. The average Bonchev–Trinajstić information content (AvgIpc) is 3.10. The van der Waals surface area contributed by atoms with Gasteiger partial charge in [-0.25, -0.2) is 9.97 Å². The summed E-state index contributed by atoms with van der Waals surface area (Å²) < 4.78 is 12.7. The molecule has 0 saturated carbocycles. The van der Waals surface area contributed by atoms with Gasteiger partial charge in [0, 0.05) is 47.7 Å². The summed E-state index contributed by atoms with van der Waals surface area (Å²) in [5.74, 6) is -1.09. The molecule has 1 N–H and O–H groups in total. The SMILES string of the molecule is COc1cc(NC(=O)C(=O)c2c(C)n(Cc3cnc(Cl)cn3)c3c2=CC(C)(OC)CC=3)ccn1. The summed E-state index contributed by atoms with van der Waals surface area (Å²) in [5, 5.41) is 4.42. The molecule has 0 aromatic carbocycles. The fourth-order valence-corrected chi connectivity index (χ4v) is 4.03. The maximum Gasteiger partial charge on any atom is 0.296 e. The summed E-state index contributed by atoms with van der Waals surface area (Å²) in [6.45, 7) is 4.10. The van der Waals surface area contributed by atoms with Gasteiger partial charge in [0.2, 0.25) is 5.88 Å². The standard InChI is InChI=1S/C24H24ClN5O4/c1-14-21(22(31)23(32)29-15-6-8-26-20(9-15)33-3)17-10-24(2,34-4)7-5-18(17)30(14)13-16-11-28-19(25)12-27-16/h5-6,8-12H,7,13H2,1-4H3,(H,26,29,32). The minimum absolute atomic E-state index is 0.297. The number of anilines is 1. The van der Waals surface area contributed by atoms with E-state index in [9.17, 15) is 9.59 Å². The van der Waals surface area contributed by atoms with Gasteiger partial charge in [-0.3, -0.25) is 14.6 Å². The zero-order chi connectivity index (χ0) is 24.5. The third-order valence-electron chi connectivity index (χ3n) is 5.85. The number of halogens is 1. The number of carbonyl (C=O) groups is 2. The Morgan fingerprint density at radius 2 is 2.03 bits per heavy atom.